The minimum atomic E-state index is -0.952. The van der Waals surface area contributed by atoms with Crippen molar-refractivity contribution in [1.29, 1.82) is 0 Å². The standard InChI is InChI=1S/C22H31FN4O3/c1-12-7-13(23)9-27-16(12)8-24-19(27)22(5,6)25-18(28)17-14-10-26(11-15(14)17)20(29)30-21(2,3)4/h7-9,14-15,17,20,29H,10-11H2,1-6H3,(H,25,28)/t14-,15+,17?,20?. The van der Waals surface area contributed by atoms with E-state index in [1.165, 1.54) is 12.3 Å². The number of likely N-dealkylation sites (tertiary alicyclic amines) is 1. The van der Waals surface area contributed by atoms with Gasteiger partial charge in [0.25, 0.3) is 0 Å². The Balaban J connectivity index is 1.41. The van der Waals surface area contributed by atoms with Gasteiger partial charge >= 0.3 is 0 Å². The van der Waals surface area contributed by atoms with Gasteiger partial charge in [-0.25, -0.2) is 9.37 Å². The first-order valence-electron chi connectivity index (χ1n) is 10.4. The van der Waals surface area contributed by atoms with Gasteiger partial charge in [0.05, 0.1) is 22.9 Å². The van der Waals surface area contributed by atoms with Gasteiger partial charge in [-0.2, -0.15) is 0 Å². The Labute approximate surface area is 176 Å². The van der Waals surface area contributed by atoms with Gasteiger partial charge in [0.1, 0.15) is 11.6 Å². The Kier molecular flexibility index (Phi) is 4.95. The van der Waals surface area contributed by atoms with E-state index in [1.807, 2.05) is 46.4 Å². The fourth-order valence-corrected chi connectivity index (χ4v) is 4.65. The number of ether oxygens (including phenoxy) is 1. The van der Waals surface area contributed by atoms with Gasteiger partial charge in [0.2, 0.25) is 12.3 Å². The number of aryl methyl sites for hydroxylation is 1. The SMILES string of the molecule is Cc1cc(F)cn2c(C(C)(C)NC(=O)C3[C@H]4CN(C(O)OC(C)(C)C)C[C@@H]34)ncc12. The van der Waals surface area contributed by atoms with Gasteiger partial charge in [-0.1, -0.05) is 0 Å². The van der Waals surface area contributed by atoms with Crippen LogP contribution in [-0.2, 0) is 15.1 Å². The number of halogens is 1. The number of carbonyl (C=O) groups excluding carboxylic acids is 1. The third-order valence-corrected chi connectivity index (χ3v) is 6.10. The highest BCUT2D eigenvalue weighted by molar-refractivity contribution is 5.83. The van der Waals surface area contributed by atoms with Crippen molar-refractivity contribution in [2.75, 3.05) is 13.1 Å². The van der Waals surface area contributed by atoms with Gasteiger partial charge in [0.15, 0.2) is 0 Å². The third kappa shape index (κ3) is 3.84. The van der Waals surface area contributed by atoms with Crippen molar-refractivity contribution in [2.45, 2.75) is 59.1 Å². The number of nitrogens with one attached hydrogen (secondary N) is 1. The van der Waals surface area contributed by atoms with Gasteiger partial charge in [-0.05, 0) is 65.0 Å². The number of rotatable bonds is 5. The van der Waals surface area contributed by atoms with Crippen LogP contribution in [0.3, 0.4) is 0 Å². The number of piperidine rings is 1. The maximum absolute atomic E-state index is 13.9. The molecule has 2 N–H and O–H groups in total. The Morgan fingerprint density at radius 3 is 2.53 bits per heavy atom. The molecule has 0 bridgehead atoms. The van der Waals surface area contributed by atoms with Gasteiger partial charge in [-0.15, -0.1) is 0 Å². The van der Waals surface area contributed by atoms with Gasteiger partial charge in [0, 0.05) is 25.2 Å². The lowest BCUT2D eigenvalue weighted by Crippen LogP contribution is -2.46. The van der Waals surface area contributed by atoms with Crippen molar-refractivity contribution < 1.29 is 19.0 Å². The van der Waals surface area contributed by atoms with Crippen molar-refractivity contribution in [3.63, 3.8) is 0 Å². The second kappa shape index (κ2) is 7.00. The topological polar surface area (TPSA) is 79.1 Å². The molecule has 1 saturated heterocycles. The van der Waals surface area contributed by atoms with Crippen LogP contribution < -0.4 is 5.32 Å². The fourth-order valence-electron chi connectivity index (χ4n) is 4.65. The monoisotopic (exact) mass is 418 g/mol. The first kappa shape index (κ1) is 21.2. The molecule has 2 fully saturated rings. The van der Waals surface area contributed by atoms with Crippen molar-refractivity contribution in [3.05, 3.63) is 35.7 Å². The van der Waals surface area contributed by atoms with E-state index in [9.17, 15) is 14.3 Å². The van der Waals surface area contributed by atoms with E-state index in [1.54, 1.807) is 10.6 Å². The predicted molar refractivity (Wildman–Crippen MR) is 110 cm³/mol. The summed E-state index contributed by atoms with van der Waals surface area (Å²) in [6.45, 7) is 12.6. The molecule has 1 amide bonds. The number of aromatic nitrogens is 2. The molecule has 0 radical (unpaired) electrons. The average Bonchev–Trinajstić information content (AvgIpc) is 2.93. The average molecular weight is 419 g/mol. The lowest BCUT2D eigenvalue weighted by atomic mass is 10.0. The zero-order chi connectivity index (χ0) is 22.0. The maximum Gasteiger partial charge on any atom is 0.224 e. The van der Waals surface area contributed by atoms with Crippen molar-refractivity contribution in [1.82, 2.24) is 19.6 Å². The molecule has 2 aromatic heterocycles. The minimum Gasteiger partial charge on any atom is -0.356 e. The normalized spacial score (nSPS) is 25.4. The highest BCUT2D eigenvalue weighted by atomic mass is 19.1. The van der Waals surface area contributed by atoms with E-state index >= 15 is 0 Å². The number of amides is 1. The van der Waals surface area contributed by atoms with Crippen LogP contribution in [0.25, 0.3) is 5.52 Å². The summed E-state index contributed by atoms with van der Waals surface area (Å²) in [5.41, 5.74) is 0.427. The molecule has 4 atom stereocenters. The van der Waals surface area contributed by atoms with Crippen LogP contribution in [0.5, 0.6) is 0 Å². The van der Waals surface area contributed by atoms with Crippen molar-refractivity contribution in [2.24, 2.45) is 17.8 Å². The van der Waals surface area contributed by atoms with E-state index in [2.05, 4.69) is 10.3 Å². The summed E-state index contributed by atoms with van der Waals surface area (Å²) < 4.78 is 21.3. The lowest BCUT2D eigenvalue weighted by Gasteiger charge is -2.31. The second-order valence-electron chi connectivity index (χ2n) is 10.2. The lowest BCUT2D eigenvalue weighted by molar-refractivity contribution is -0.236. The summed E-state index contributed by atoms with van der Waals surface area (Å²) in [5, 5.41) is 13.4. The number of hydrogen-bond donors (Lipinski definition) is 2. The molecule has 164 valence electrons. The number of fused-ring (bicyclic) bond motifs is 2. The predicted octanol–water partition coefficient (Wildman–Crippen LogP) is 2.40. The number of nitrogens with zero attached hydrogens (tertiary/aromatic N) is 3. The summed E-state index contributed by atoms with van der Waals surface area (Å²) in [5.74, 6) is 0.591. The van der Waals surface area contributed by atoms with Crippen LogP contribution in [0.1, 0.15) is 46.0 Å². The summed E-state index contributed by atoms with van der Waals surface area (Å²) in [6.07, 6.45) is 2.16. The molecule has 1 aliphatic heterocycles. The summed E-state index contributed by atoms with van der Waals surface area (Å²) >= 11 is 0. The largest absolute Gasteiger partial charge is 0.356 e. The quantitative estimate of drug-likeness (QED) is 0.729. The van der Waals surface area contributed by atoms with Gasteiger partial charge in [-0.3, -0.25) is 14.1 Å². The maximum atomic E-state index is 13.9. The van der Waals surface area contributed by atoms with Gasteiger partial charge < -0.3 is 15.2 Å². The number of aliphatic hydroxyl groups excluding tert-OH is 1. The third-order valence-electron chi connectivity index (χ3n) is 6.10. The smallest absolute Gasteiger partial charge is 0.224 e. The molecule has 1 saturated carbocycles. The molecule has 2 aromatic rings. The zero-order valence-electron chi connectivity index (χ0n) is 18.4. The number of hydrogen-bond acceptors (Lipinski definition) is 5. The number of carbonyl (C=O) groups is 1. The Morgan fingerprint density at radius 1 is 1.30 bits per heavy atom. The van der Waals surface area contributed by atoms with Crippen LogP contribution in [0.4, 0.5) is 4.39 Å². The second-order valence-corrected chi connectivity index (χ2v) is 10.2. The van der Waals surface area contributed by atoms with Crippen molar-refractivity contribution >= 4 is 11.4 Å². The Hall–Kier alpha value is -2.03. The van der Waals surface area contributed by atoms with Crippen LogP contribution in [0, 0.1) is 30.5 Å². The minimum absolute atomic E-state index is 0.0224. The number of aliphatic hydroxyl groups is 1. The van der Waals surface area contributed by atoms with E-state index in [4.69, 9.17) is 4.74 Å². The first-order valence-corrected chi connectivity index (χ1v) is 10.4. The van der Waals surface area contributed by atoms with Crippen LogP contribution in [0.2, 0.25) is 0 Å². The molecule has 8 heteroatoms. The molecular weight excluding hydrogens is 387 g/mol. The Morgan fingerprint density at radius 2 is 1.93 bits per heavy atom. The van der Waals surface area contributed by atoms with E-state index in [0.29, 0.717) is 18.9 Å². The summed E-state index contributed by atoms with van der Waals surface area (Å²) in [7, 11) is 0. The molecule has 2 aliphatic rings. The molecular formula is C22H31FN4O3. The molecule has 30 heavy (non-hydrogen) atoms. The van der Waals surface area contributed by atoms with E-state index < -0.39 is 17.6 Å². The molecule has 0 aromatic carbocycles. The molecule has 4 rings (SSSR count). The van der Waals surface area contributed by atoms with Crippen molar-refractivity contribution in [3.8, 4) is 0 Å². The number of imidazole rings is 1. The highest BCUT2D eigenvalue weighted by Crippen LogP contribution is 2.52. The first-order chi connectivity index (χ1) is 13.9. The molecule has 0 spiro atoms. The molecule has 1 aliphatic carbocycles. The van der Waals surface area contributed by atoms with Crippen LogP contribution in [-0.4, -0.2) is 50.4 Å². The molecule has 7 nitrogen and oxygen atoms in total. The van der Waals surface area contributed by atoms with Crippen LogP contribution in [0.15, 0.2) is 18.5 Å². The highest BCUT2D eigenvalue weighted by Gasteiger charge is 2.60. The summed E-state index contributed by atoms with van der Waals surface area (Å²) in [4.78, 5) is 19.3. The Bertz CT molecular complexity index is 969. The van der Waals surface area contributed by atoms with E-state index in [0.717, 1.165) is 11.1 Å². The fraction of sp³-hybridized carbons (Fsp3) is 0.636. The number of pyridine rings is 1. The van der Waals surface area contributed by atoms with E-state index in [-0.39, 0.29) is 29.5 Å². The molecule has 2 unspecified atom stereocenters. The summed E-state index contributed by atoms with van der Waals surface area (Å²) in [6, 6.07) is 1.47. The zero-order valence-corrected chi connectivity index (χ0v) is 18.4. The van der Waals surface area contributed by atoms with Crippen LogP contribution >= 0.6 is 0 Å². The molecule has 3 heterocycles.